The molecule has 0 bridgehead atoms. The number of tetrazole rings is 1. The van der Waals surface area contributed by atoms with Crippen molar-refractivity contribution in [2.45, 2.75) is 57.6 Å². The first-order chi connectivity index (χ1) is 14.2. The van der Waals surface area contributed by atoms with Gasteiger partial charge in [-0.3, -0.25) is 4.79 Å². The highest BCUT2D eigenvalue weighted by Gasteiger charge is 2.31. The topological polar surface area (TPSA) is 76.4 Å². The van der Waals surface area contributed by atoms with Crippen molar-refractivity contribution in [1.82, 2.24) is 30.0 Å². The van der Waals surface area contributed by atoms with Gasteiger partial charge in [0.2, 0.25) is 0 Å². The fourth-order valence-corrected chi connectivity index (χ4v) is 4.37. The van der Waals surface area contributed by atoms with Gasteiger partial charge in [-0.15, -0.1) is 5.10 Å². The summed E-state index contributed by atoms with van der Waals surface area (Å²) in [6, 6.07) is 7.79. The molecule has 2 saturated heterocycles. The van der Waals surface area contributed by atoms with E-state index in [1.54, 1.807) is 11.0 Å². The summed E-state index contributed by atoms with van der Waals surface area (Å²) in [5.41, 5.74) is 0.847. The number of piperidine rings is 1. The van der Waals surface area contributed by atoms with E-state index in [1.165, 1.54) is 32.4 Å². The third-order valence-electron chi connectivity index (χ3n) is 6.00. The largest absolute Gasteiger partial charge is 0.481 e. The number of carbonyl (C=O) groups is 1. The Morgan fingerprint density at radius 3 is 2.62 bits per heavy atom. The molecule has 1 aromatic heterocycles. The molecule has 2 fully saturated rings. The van der Waals surface area contributed by atoms with Gasteiger partial charge in [-0.25, -0.2) is 4.68 Å². The lowest BCUT2D eigenvalue weighted by Crippen LogP contribution is -2.49. The van der Waals surface area contributed by atoms with Crippen LogP contribution in [-0.4, -0.2) is 74.2 Å². The molecule has 2 unspecified atom stereocenters. The number of ether oxygens (including phenoxy) is 1. The monoisotopic (exact) mass is 398 g/mol. The maximum absolute atomic E-state index is 13.1. The molecule has 0 N–H and O–H groups in total. The zero-order chi connectivity index (χ0) is 20.1. The molecule has 2 aliphatic heterocycles. The van der Waals surface area contributed by atoms with Crippen LogP contribution in [0.4, 0.5) is 0 Å². The number of amides is 1. The van der Waals surface area contributed by atoms with Gasteiger partial charge >= 0.3 is 0 Å². The van der Waals surface area contributed by atoms with E-state index in [-0.39, 0.29) is 5.91 Å². The van der Waals surface area contributed by atoms with Crippen LogP contribution in [0.5, 0.6) is 5.75 Å². The van der Waals surface area contributed by atoms with Gasteiger partial charge in [0.25, 0.3) is 5.91 Å². The van der Waals surface area contributed by atoms with Crippen LogP contribution in [-0.2, 0) is 4.79 Å². The average Bonchev–Trinajstić information content (AvgIpc) is 3.47. The van der Waals surface area contributed by atoms with E-state index >= 15 is 0 Å². The van der Waals surface area contributed by atoms with Crippen LogP contribution in [0.1, 0.15) is 45.4 Å². The first-order valence-corrected chi connectivity index (χ1v) is 10.7. The molecule has 2 atom stereocenters. The zero-order valence-electron chi connectivity index (χ0n) is 17.1. The third kappa shape index (κ3) is 4.93. The average molecular weight is 399 g/mol. The number of likely N-dealkylation sites (tertiary alicyclic amines) is 2. The Morgan fingerprint density at radius 2 is 1.90 bits per heavy atom. The van der Waals surface area contributed by atoms with Gasteiger partial charge in [0, 0.05) is 19.1 Å². The Morgan fingerprint density at radius 1 is 1.14 bits per heavy atom. The highest BCUT2D eigenvalue weighted by molar-refractivity contribution is 5.81. The van der Waals surface area contributed by atoms with Gasteiger partial charge in [0.05, 0.1) is 5.69 Å². The molecule has 0 aliphatic carbocycles. The molecule has 156 valence electrons. The van der Waals surface area contributed by atoms with E-state index in [2.05, 4.69) is 25.3 Å². The Labute approximate surface area is 171 Å². The van der Waals surface area contributed by atoms with Crippen molar-refractivity contribution in [3.63, 3.8) is 0 Å². The van der Waals surface area contributed by atoms with Crippen molar-refractivity contribution in [3.8, 4) is 11.4 Å². The van der Waals surface area contributed by atoms with Crippen molar-refractivity contribution < 1.29 is 9.53 Å². The van der Waals surface area contributed by atoms with E-state index in [0.717, 1.165) is 38.0 Å². The number of hydrogen-bond acceptors (Lipinski definition) is 6. The molecule has 2 aliphatic rings. The summed E-state index contributed by atoms with van der Waals surface area (Å²) >= 11 is 0. The van der Waals surface area contributed by atoms with Crippen LogP contribution in [0.3, 0.4) is 0 Å². The standard InChI is InChI=1S/C21H30N6O2/c1-17(29-20-9-7-19(8-10-20)27-16-22-23-24-27)21(28)26-14-3-2-6-18(26)11-15-25-12-4-5-13-25/h7-10,16-18H,2-6,11-15H2,1H3. The van der Waals surface area contributed by atoms with E-state index in [9.17, 15) is 4.79 Å². The lowest BCUT2D eigenvalue weighted by Gasteiger charge is -2.38. The van der Waals surface area contributed by atoms with Crippen LogP contribution >= 0.6 is 0 Å². The van der Waals surface area contributed by atoms with Crippen LogP contribution in [0, 0.1) is 0 Å². The first kappa shape index (κ1) is 19.8. The molecule has 4 rings (SSSR count). The smallest absolute Gasteiger partial charge is 0.263 e. The maximum Gasteiger partial charge on any atom is 0.263 e. The minimum atomic E-state index is -0.499. The van der Waals surface area contributed by atoms with Crippen LogP contribution in [0.15, 0.2) is 30.6 Å². The van der Waals surface area contributed by atoms with Gasteiger partial charge in [-0.1, -0.05) is 0 Å². The van der Waals surface area contributed by atoms with Gasteiger partial charge in [-0.05, 0) is 93.2 Å². The summed E-state index contributed by atoms with van der Waals surface area (Å²) in [4.78, 5) is 17.7. The summed E-state index contributed by atoms with van der Waals surface area (Å²) in [6.07, 6.45) is 8.13. The molecule has 29 heavy (non-hydrogen) atoms. The number of carbonyl (C=O) groups excluding carboxylic acids is 1. The number of aromatic nitrogens is 4. The van der Waals surface area contributed by atoms with Crippen LogP contribution < -0.4 is 4.74 Å². The minimum absolute atomic E-state index is 0.0978. The quantitative estimate of drug-likeness (QED) is 0.712. The summed E-state index contributed by atoms with van der Waals surface area (Å²) in [6.45, 7) is 6.21. The van der Waals surface area contributed by atoms with E-state index < -0.39 is 6.10 Å². The highest BCUT2D eigenvalue weighted by Crippen LogP contribution is 2.23. The molecule has 0 saturated carbocycles. The van der Waals surface area contributed by atoms with Crippen molar-refractivity contribution in [2.75, 3.05) is 26.2 Å². The molecule has 1 aromatic carbocycles. The van der Waals surface area contributed by atoms with Gasteiger partial charge in [0.15, 0.2) is 6.10 Å². The number of benzene rings is 1. The van der Waals surface area contributed by atoms with Crippen molar-refractivity contribution in [2.24, 2.45) is 0 Å². The number of rotatable bonds is 7. The normalized spacial score (nSPS) is 21.3. The molecule has 0 spiro atoms. The predicted octanol–water partition coefficient (Wildman–Crippen LogP) is 2.30. The second kappa shape index (κ2) is 9.35. The SMILES string of the molecule is CC(Oc1ccc(-n2cnnn2)cc1)C(=O)N1CCCCC1CCN1CCCC1. The highest BCUT2D eigenvalue weighted by atomic mass is 16.5. The van der Waals surface area contributed by atoms with Gasteiger partial charge < -0.3 is 14.5 Å². The summed E-state index contributed by atoms with van der Waals surface area (Å²) < 4.78 is 7.55. The predicted molar refractivity (Wildman–Crippen MR) is 109 cm³/mol. The Bertz CT molecular complexity index is 773. The number of hydrogen-bond donors (Lipinski definition) is 0. The fourth-order valence-electron chi connectivity index (χ4n) is 4.37. The lowest BCUT2D eigenvalue weighted by molar-refractivity contribution is -0.142. The number of nitrogens with zero attached hydrogens (tertiary/aromatic N) is 6. The molecule has 8 heteroatoms. The minimum Gasteiger partial charge on any atom is -0.481 e. The van der Waals surface area contributed by atoms with Crippen molar-refractivity contribution in [3.05, 3.63) is 30.6 Å². The summed E-state index contributed by atoms with van der Waals surface area (Å²) in [5.74, 6) is 0.772. The van der Waals surface area contributed by atoms with Crippen molar-refractivity contribution in [1.29, 1.82) is 0 Å². The Balaban J connectivity index is 1.34. The first-order valence-electron chi connectivity index (χ1n) is 10.7. The van der Waals surface area contributed by atoms with E-state index in [0.29, 0.717) is 11.8 Å². The second-order valence-electron chi connectivity index (χ2n) is 8.03. The van der Waals surface area contributed by atoms with Crippen molar-refractivity contribution >= 4 is 5.91 Å². The Kier molecular flexibility index (Phi) is 6.39. The molecule has 2 aromatic rings. The van der Waals surface area contributed by atoms with E-state index in [4.69, 9.17) is 4.74 Å². The third-order valence-corrected chi connectivity index (χ3v) is 6.00. The summed E-state index contributed by atoms with van der Waals surface area (Å²) in [5, 5.41) is 11.2. The lowest BCUT2D eigenvalue weighted by atomic mass is 9.98. The molecule has 0 radical (unpaired) electrons. The molecular weight excluding hydrogens is 368 g/mol. The summed E-state index contributed by atoms with van der Waals surface area (Å²) in [7, 11) is 0. The second-order valence-corrected chi connectivity index (χ2v) is 8.03. The van der Waals surface area contributed by atoms with Gasteiger partial charge in [0.1, 0.15) is 12.1 Å². The van der Waals surface area contributed by atoms with Crippen LogP contribution in [0.2, 0.25) is 0 Å². The molecule has 8 nitrogen and oxygen atoms in total. The maximum atomic E-state index is 13.1. The molecular formula is C21H30N6O2. The van der Waals surface area contributed by atoms with Crippen LogP contribution in [0.25, 0.3) is 5.69 Å². The molecule has 3 heterocycles. The van der Waals surface area contributed by atoms with E-state index in [1.807, 2.05) is 31.2 Å². The molecule has 1 amide bonds. The zero-order valence-corrected chi connectivity index (χ0v) is 17.1. The fraction of sp³-hybridized carbons (Fsp3) is 0.619. The Hall–Kier alpha value is -2.48. The van der Waals surface area contributed by atoms with Gasteiger partial charge in [-0.2, -0.15) is 0 Å².